The molecule has 1 aromatic rings. The molecule has 0 aliphatic rings. The maximum Gasteiger partial charge on any atom is 0.329 e. The summed E-state index contributed by atoms with van der Waals surface area (Å²) in [5.74, 6) is -0.729. The minimum atomic E-state index is -0.718. The number of carbonyl (C=O) groups excluding carboxylic acids is 2. The molecule has 1 amide bonds. The zero-order chi connectivity index (χ0) is 13.4. The van der Waals surface area contributed by atoms with Crippen LogP contribution in [0.1, 0.15) is 19.0 Å². The Labute approximate surface area is 105 Å². The summed E-state index contributed by atoms with van der Waals surface area (Å²) in [6.45, 7) is 2.23. The third kappa shape index (κ3) is 4.54. The van der Waals surface area contributed by atoms with Crippen molar-refractivity contribution in [3.63, 3.8) is 0 Å². The third-order valence-corrected chi connectivity index (χ3v) is 2.26. The summed E-state index contributed by atoms with van der Waals surface area (Å²) in [7, 11) is 0. The SMILES string of the molecule is CCOC(=O)[C@H](Cc1cnc[nH]1)NC(=O)CCN. The van der Waals surface area contributed by atoms with Gasteiger partial charge in [0.15, 0.2) is 0 Å². The molecule has 7 heteroatoms. The van der Waals surface area contributed by atoms with E-state index in [9.17, 15) is 9.59 Å². The molecule has 1 aromatic heterocycles. The van der Waals surface area contributed by atoms with Crippen LogP contribution in [0, 0.1) is 0 Å². The molecule has 1 rings (SSSR count). The van der Waals surface area contributed by atoms with Crippen molar-refractivity contribution in [1.82, 2.24) is 15.3 Å². The fraction of sp³-hybridized carbons (Fsp3) is 0.545. The number of esters is 1. The Hall–Kier alpha value is -1.89. The second-order valence-electron chi connectivity index (χ2n) is 3.69. The van der Waals surface area contributed by atoms with Crippen molar-refractivity contribution in [2.24, 2.45) is 5.73 Å². The van der Waals surface area contributed by atoms with Gasteiger partial charge in [-0.2, -0.15) is 0 Å². The fourth-order valence-corrected chi connectivity index (χ4v) is 1.45. The standard InChI is InChI=1S/C11H18N4O3/c1-2-18-11(17)9(15-10(16)3-4-12)5-8-6-13-7-14-8/h6-7,9H,2-5,12H2,1H3,(H,13,14)(H,15,16)/t9-/m0/s1. The lowest BCUT2D eigenvalue weighted by Gasteiger charge is -2.16. The molecule has 0 aromatic carbocycles. The maximum atomic E-state index is 11.7. The Bertz CT molecular complexity index is 378. The van der Waals surface area contributed by atoms with Gasteiger partial charge in [0.2, 0.25) is 5.91 Å². The molecule has 1 atom stereocenters. The molecule has 7 nitrogen and oxygen atoms in total. The van der Waals surface area contributed by atoms with E-state index in [2.05, 4.69) is 15.3 Å². The van der Waals surface area contributed by atoms with Crippen LogP contribution >= 0.6 is 0 Å². The van der Waals surface area contributed by atoms with Crippen LogP contribution in [-0.4, -0.2) is 41.0 Å². The number of hydrogen-bond donors (Lipinski definition) is 3. The molecule has 18 heavy (non-hydrogen) atoms. The summed E-state index contributed by atoms with van der Waals surface area (Å²) >= 11 is 0. The highest BCUT2D eigenvalue weighted by Crippen LogP contribution is 2.01. The van der Waals surface area contributed by atoms with E-state index in [4.69, 9.17) is 10.5 Å². The molecule has 0 radical (unpaired) electrons. The normalized spacial score (nSPS) is 11.9. The van der Waals surface area contributed by atoms with Gasteiger partial charge < -0.3 is 20.8 Å². The molecule has 0 spiro atoms. The predicted octanol–water partition coefficient (Wildman–Crippen LogP) is -0.651. The van der Waals surface area contributed by atoms with Crippen LogP contribution in [0.3, 0.4) is 0 Å². The average molecular weight is 254 g/mol. The number of imidazole rings is 1. The first-order valence-electron chi connectivity index (χ1n) is 5.80. The van der Waals surface area contributed by atoms with Gasteiger partial charge in [0.1, 0.15) is 6.04 Å². The number of rotatable bonds is 7. The Morgan fingerprint density at radius 1 is 1.61 bits per heavy atom. The topological polar surface area (TPSA) is 110 Å². The fourth-order valence-electron chi connectivity index (χ4n) is 1.45. The molecular weight excluding hydrogens is 236 g/mol. The van der Waals surface area contributed by atoms with Crippen LogP contribution in [0.5, 0.6) is 0 Å². The Kier molecular flexibility index (Phi) is 5.86. The lowest BCUT2D eigenvalue weighted by molar-refractivity contribution is -0.147. The molecular formula is C11H18N4O3. The van der Waals surface area contributed by atoms with E-state index in [1.54, 1.807) is 13.1 Å². The van der Waals surface area contributed by atoms with E-state index >= 15 is 0 Å². The van der Waals surface area contributed by atoms with Crippen LogP contribution in [0.25, 0.3) is 0 Å². The monoisotopic (exact) mass is 254 g/mol. The second-order valence-corrected chi connectivity index (χ2v) is 3.69. The maximum absolute atomic E-state index is 11.7. The van der Waals surface area contributed by atoms with Crippen LogP contribution in [0.4, 0.5) is 0 Å². The number of aromatic amines is 1. The summed E-state index contributed by atoms with van der Waals surface area (Å²) in [5, 5.41) is 2.60. The van der Waals surface area contributed by atoms with Crippen LogP contribution < -0.4 is 11.1 Å². The van der Waals surface area contributed by atoms with Crippen molar-refractivity contribution in [2.45, 2.75) is 25.8 Å². The third-order valence-electron chi connectivity index (χ3n) is 2.26. The zero-order valence-corrected chi connectivity index (χ0v) is 10.3. The van der Waals surface area contributed by atoms with Crippen molar-refractivity contribution in [3.05, 3.63) is 18.2 Å². The van der Waals surface area contributed by atoms with Gasteiger partial charge in [-0.15, -0.1) is 0 Å². The number of aromatic nitrogens is 2. The molecule has 0 aliphatic carbocycles. The minimum absolute atomic E-state index is 0.179. The molecule has 0 unspecified atom stereocenters. The molecule has 0 saturated heterocycles. The van der Waals surface area contributed by atoms with Gasteiger partial charge in [-0.3, -0.25) is 4.79 Å². The average Bonchev–Trinajstić information content (AvgIpc) is 2.81. The summed E-state index contributed by atoms with van der Waals surface area (Å²) in [4.78, 5) is 29.9. The molecule has 4 N–H and O–H groups in total. The van der Waals surface area contributed by atoms with Gasteiger partial charge in [0.05, 0.1) is 12.9 Å². The zero-order valence-electron chi connectivity index (χ0n) is 10.3. The first-order valence-corrected chi connectivity index (χ1v) is 5.80. The smallest absolute Gasteiger partial charge is 0.329 e. The largest absolute Gasteiger partial charge is 0.464 e. The lowest BCUT2D eigenvalue weighted by atomic mass is 10.1. The lowest BCUT2D eigenvalue weighted by Crippen LogP contribution is -2.44. The number of H-pyrrole nitrogens is 1. The van der Waals surface area contributed by atoms with E-state index in [-0.39, 0.29) is 25.5 Å². The molecule has 100 valence electrons. The van der Waals surface area contributed by atoms with Crippen molar-refractivity contribution in [3.8, 4) is 0 Å². The first-order chi connectivity index (χ1) is 8.67. The molecule has 0 fully saturated rings. The van der Waals surface area contributed by atoms with Gasteiger partial charge in [0.25, 0.3) is 0 Å². The van der Waals surface area contributed by atoms with Crippen LogP contribution in [-0.2, 0) is 20.7 Å². The predicted molar refractivity (Wildman–Crippen MR) is 64.5 cm³/mol. The number of hydrogen-bond acceptors (Lipinski definition) is 5. The molecule has 0 bridgehead atoms. The summed E-state index contributed by atoms with van der Waals surface area (Å²) < 4.78 is 4.91. The van der Waals surface area contributed by atoms with E-state index in [1.165, 1.54) is 6.33 Å². The molecule has 0 aliphatic heterocycles. The summed E-state index contributed by atoms with van der Waals surface area (Å²) in [6, 6.07) is -0.718. The number of nitrogens with one attached hydrogen (secondary N) is 2. The van der Waals surface area contributed by atoms with Gasteiger partial charge in [-0.1, -0.05) is 0 Å². The number of carbonyl (C=O) groups is 2. The van der Waals surface area contributed by atoms with Crippen molar-refractivity contribution in [2.75, 3.05) is 13.2 Å². The number of nitrogens with zero attached hydrogens (tertiary/aromatic N) is 1. The summed E-state index contributed by atoms with van der Waals surface area (Å²) in [5.41, 5.74) is 6.03. The van der Waals surface area contributed by atoms with E-state index in [1.807, 2.05) is 0 Å². The molecule has 1 heterocycles. The Morgan fingerprint density at radius 3 is 2.94 bits per heavy atom. The highest BCUT2D eigenvalue weighted by atomic mass is 16.5. The van der Waals surface area contributed by atoms with Crippen LogP contribution in [0.2, 0.25) is 0 Å². The second kappa shape index (κ2) is 7.44. The number of nitrogens with two attached hydrogens (primary N) is 1. The van der Waals surface area contributed by atoms with Crippen molar-refractivity contribution < 1.29 is 14.3 Å². The number of amides is 1. The quantitative estimate of drug-likeness (QED) is 0.560. The number of ether oxygens (including phenoxy) is 1. The highest BCUT2D eigenvalue weighted by molar-refractivity contribution is 5.84. The Balaban J connectivity index is 2.62. The summed E-state index contributed by atoms with van der Waals surface area (Å²) in [6.07, 6.45) is 3.61. The van der Waals surface area contributed by atoms with E-state index < -0.39 is 12.0 Å². The van der Waals surface area contributed by atoms with Crippen LogP contribution in [0.15, 0.2) is 12.5 Å². The highest BCUT2D eigenvalue weighted by Gasteiger charge is 2.22. The minimum Gasteiger partial charge on any atom is -0.464 e. The van der Waals surface area contributed by atoms with Gasteiger partial charge in [0, 0.05) is 31.3 Å². The van der Waals surface area contributed by atoms with E-state index in [0.29, 0.717) is 6.42 Å². The van der Waals surface area contributed by atoms with Crippen molar-refractivity contribution in [1.29, 1.82) is 0 Å². The van der Waals surface area contributed by atoms with Gasteiger partial charge >= 0.3 is 5.97 Å². The Morgan fingerprint density at radius 2 is 2.39 bits per heavy atom. The first kappa shape index (κ1) is 14.2. The van der Waals surface area contributed by atoms with Crippen molar-refractivity contribution >= 4 is 11.9 Å². The van der Waals surface area contributed by atoms with Gasteiger partial charge in [-0.05, 0) is 6.92 Å². The van der Waals surface area contributed by atoms with Gasteiger partial charge in [-0.25, -0.2) is 9.78 Å². The molecule has 0 saturated carbocycles. The van der Waals surface area contributed by atoms with E-state index in [0.717, 1.165) is 5.69 Å².